The first-order valence-corrected chi connectivity index (χ1v) is 7.19. The second-order valence-electron chi connectivity index (χ2n) is 4.98. The summed E-state index contributed by atoms with van der Waals surface area (Å²) in [7, 11) is 2.82. The van der Waals surface area contributed by atoms with Crippen molar-refractivity contribution in [2.24, 2.45) is 0 Å². The molecule has 0 aliphatic heterocycles. The van der Waals surface area contributed by atoms with E-state index in [9.17, 15) is 9.59 Å². The minimum atomic E-state index is -0.530. The molecule has 0 saturated carbocycles. The van der Waals surface area contributed by atoms with Crippen molar-refractivity contribution < 1.29 is 23.5 Å². The van der Waals surface area contributed by atoms with Crippen LogP contribution in [0.25, 0.3) is 11.0 Å². The van der Waals surface area contributed by atoms with Crippen LogP contribution in [0.5, 0.6) is 5.75 Å². The second kappa shape index (κ2) is 6.45. The van der Waals surface area contributed by atoms with Crippen LogP contribution in [-0.2, 0) is 4.74 Å². The fourth-order valence-corrected chi connectivity index (χ4v) is 2.37. The predicted molar refractivity (Wildman–Crippen MR) is 88.5 cm³/mol. The van der Waals surface area contributed by atoms with Gasteiger partial charge in [0.1, 0.15) is 0 Å². The van der Waals surface area contributed by atoms with Crippen molar-refractivity contribution in [3.8, 4) is 5.75 Å². The third-order valence-electron chi connectivity index (χ3n) is 3.53. The molecule has 0 aliphatic rings. The number of benzene rings is 2. The summed E-state index contributed by atoms with van der Waals surface area (Å²) in [6.07, 6.45) is 0. The van der Waals surface area contributed by atoms with Gasteiger partial charge in [-0.15, -0.1) is 0 Å². The van der Waals surface area contributed by atoms with Gasteiger partial charge in [0.15, 0.2) is 17.1 Å². The van der Waals surface area contributed by atoms with Crippen molar-refractivity contribution in [3.05, 3.63) is 59.9 Å². The molecule has 1 heterocycles. The molecule has 122 valence electrons. The molecule has 0 aliphatic carbocycles. The van der Waals surface area contributed by atoms with E-state index in [-0.39, 0.29) is 11.3 Å². The van der Waals surface area contributed by atoms with E-state index in [4.69, 9.17) is 13.9 Å². The molecule has 24 heavy (non-hydrogen) atoms. The number of fused-ring (bicyclic) bond motifs is 1. The summed E-state index contributed by atoms with van der Waals surface area (Å²) in [6, 6.07) is 13.6. The predicted octanol–water partition coefficient (Wildman–Crippen LogP) is 3.48. The minimum absolute atomic E-state index is 0.120. The van der Waals surface area contributed by atoms with E-state index in [1.807, 2.05) is 12.1 Å². The Labute approximate surface area is 138 Å². The number of hydrogen-bond acceptors (Lipinski definition) is 5. The molecule has 0 fully saturated rings. The summed E-state index contributed by atoms with van der Waals surface area (Å²) >= 11 is 0. The Kier molecular flexibility index (Phi) is 4.20. The molecule has 0 radical (unpaired) electrons. The van der Waals surface area contributed by atoms with Gasteiger partial charge in [-0.2, -0.15) is 0 Å². The second-order valence-corrected chi connectivity index (χ2v) is 4.98. The molecule has 0 bridgehead atoms. The molecule has 3 aromatic rings. The lowest BCUT2D eigenvalue weighted by atomic mass is 10.1. The highest BCUT2D eigenvalue weighted by Crippen LogP contribution is 2.29. The number of hydrogen-bond donors (Lipinski definition) is 1. The average Bonchev–Trinajstić information content (AvgIpc) is 3.06. The van der Waals surface area contributed by atoms with Gasteiger partial charge in [-0.25, -0.2) is 4.79 Å². The molecule has 0 saturated heterocycles. The molecule has 3 rings (SSSR count). The molecule has 1 aromatic heterocycles. The lowest BCUT2D eigenvalue weighted by molar-refractivity contribution is 0.0602. The number of carbonyl (C=O) groups is 2. The van der Waals surface area contributed by atoms with Crippen LogP contribution in [0.15, 0.2) is 52.9 Å². The Bertz CT molecular complexity index is 913. The zero-order valence-corrected chi connectivity index (χ0v) is 13.2. The third-order valence-corrected chi connectivity index (χ3v) is 3.53. The topological polar surface area (TPSA) is 77.8 Å². The van der Waals surface area contributed by atoms with Crippen molar-refractivity contribution in [1.82, 2.24) is 0 Å². The number of esters is 1. The first kappa shape index (κ1) is 15.6. The van der Waals surface area contributed by atoms with Crippen LogP contribution in [0, 0.1) is 0 Å². The fraction of sp³-hybridized carbons (Fsp3) is 0.111. The van der Waals surface area contributed by atoms with Gasteiger partial charge in [0.25, 0.3) is 5.91 Å². The Morgan fingerprint density at radius 1 is 1.04 bits per heavy atom. The maximum Gasteiger partial charge on any atom is 0.339 e. The third kappa shape index (κ3) is 2.81. The molecule has 0 atom stereocenters. The minimum Gasteiger partial charge on any atom is -0.493 e. The Balaban J connectivity index is 1.92. The molecule has 2 aromatic carbocycles. The number of nitrogens with one attached hydrogen (secondary N) is 1. The fourth-order valence-electron chi connectivity index (χ4n) is 2.37. The number of para-hydroxylation sites is 2. The number of ether oxygens (including phenoxy) is 2. The summed E-state index contributed by atoms with van der Waals surface area (Å²) < 4.78 is 15.5. The van der Waals surface area contributed by atoms with Gasteiger partial charge in [-0.05, 0) is 24.3 Å². The summed E-state index contributed by atoms with van der Waals surface area (Å²) in [5, 5.41) is 3.42. The van der Waals surface area contributed by atoms with E-state index < -0.39 is 11.9 Å². The quantitative estimate of drug-likeness (QED) is 0.743. The molecule has 1 amide bonds. The van der Waals surface area contributed by atoms with Crippen LogP contribution in [0.2, 0.25) is 0 Å². The number of methoxy groups -OCH3 is 2. The van der Waals surface area contributed by atoms with Crippen molar-refractivity contribution in [2.45, 2.75) is 0 Å². The van der Waals surface area contributed by atoms with E-state index in [2.05, 4.69) is 5.32 Å². The highest BCUT2D eigenvalue weighted by Gasteiger charge is 2.18. The van der Waals surface area contributed by atoms with Crippen molar-refractivity contribution in [1.29, 1.82) is 0 Å². The molecule has 6 heteroatoms. The molecule has 0 unspecified atom stereocenters. The molecule has 6 nitrogen and oxygen atoms in total. The van der Waals surface area contributed by atoms with E-state index in [0.717, 1.165) is 5.39 Å². The number of anilines is 1. The number of carbonyl (C=O) groups excluding carboxylic acids is 2. The van der Waals surface area contributed by atoms with Gasteiger partial charge in [0.05, 0.1) is 25.5 Å². The SMILES string of the molecule is COC(=O)c1ccccc1NC(=O)c1cc2cccc(OC)c2o1. The molecule has 1 N–H and O–H groups in total. The zero-order valence-electron chi connectivity index (χ0n) is 13.2. The van der Waals surface area contributed by atoms with Crippen LogP contribution in [0.4, 0.5) is 5.69 Å². The summed E-state index contributed by atoms with van der Waals surface area (Å²) in [5.41, 5.74) is 1.11. The standard InChI is InChI=1S/C18H15NO5/c1-22-14-9-5-6-11-10-15(24-16(11)14)17(20)19-13-8-4-3-7-12(13)18(21)23-2/h3-10H,1-2H3,(H,19,20). The molecular formula is C18H15NO5. The van der Waals surface area contributed by atoms with Crippen LogP contribution in [0.3, 0.4) is 0 Å². The van der Waals surface area contributed by atoms with Crippen molar-refractivity contribution in [3.63, 3.8) is 0 Å². The largest absolute Gasteiger partial charge is 0.493 e. The molecular weight excluding hydrogens is 310 g/mol. The smallest absolute Gasteiger partial charge is 0.339 e. The van der Waals surface area contributed by atoms with Gasteiger partial charge in [-0.3, -0.25) is 4.79 Å². The Morgan fingerprint density at radius 3 is 2.58 bits per heavy atom. The first-order chi connectivity index (χ1) is 11.6. The Morgan fingerprint density at radius 2 is 1.83 bits per heavy atom. The highest BCUT2D eigenvalue weighted by atomic mass is 16.5. The van der Waals surface area contributed by atoms with E-state index in [1.54, 1.807) is 36.4 Å². The van der Waals surface area contributed by atoms with Crippen LogP contribution in [0.1, 0.15) is 20.9 Å². The monoisotopic (exact) mass is 325 g/mol. The van der Waals surface area contributed by atoms with E-state index in [1.165, 1.54) is 14.2 Å². The Hall–Kier alpha value is -3.28. The maximum atomic E-state index is 12.4. The van der Waals surface area contributed by atoms with Gasteiger partial charge >= 0.3 is 5.97 Å². The summed E-state index contributed by atoms with van der Waals surface area (Å²) in [6.45, 7) is 0. The van der Waals surface area contributed by atoms with Gasteiger partial charge in [0, 0.05) is 5.39 Å². The van der Waals surface area contributed by atoms with Gasteiger partial charge in [-0.1, -0.05) is 24.3 Å². The zero-order chi connectivity index (χ0) is 17.1. The van der Waals surface area contributed by atoms with Crippen LogP contribution >= 0.6 is 0 Å². The number of amides is 1. The van der Waals surface area contributed by atoms with Crippen LogP contribution < -0.4 is 10.1 Å². The van der Waals surface area contributed by atoms with E-state index in [0.29, 0.717) is 17.0 Å². The summed E-state index contributed by atoms with van der Waals surface area (Å²) in [4.78, 5) is 24.2. The number of furan rings is 1. The summed E-state index contributed by atoms with van der Waals surface area (Å²) in [5.74, 6) is -0.336. The normalized spacial score (nSPS) is 10.4. The van der Waals surface area contributed by atoms with Crippen molar-refractivity contribution in [2.75, 3.05) is 19.5 Å². The maximum absolute atomic E-state index is 12.4. The average molecular weight is 325 g/mol. The first-order valence-electron chi connectivity index (χ1n) is 7.19. The van der Waals surface area contributed by atoms with Gasteiger partial charge < -0.3 is 19.2 Å². The lowest BCUT2D eigenvalue weighted by Crippen LogP contribution is -2.14. The number of rotatable bonds is 4. The van der Waals surface area contributed by atoms with Crippen molar-refractivity contribution >= 4 is 28.5 Å². The molecule has 0 spiro atoms. The van der Waals surface area contributed by atoms with Gasteiger partial charge in [0.2, 0.25) is 0 Å². The highest BCUT2D eigenvalue weighted by molar-refractivity contribution is 6.08. The lowest BCUT2D eigenvalue weighted by Gasteiger charge is -2.08. The van der Waals surface area contributed by atoms with E-state index >= 15 is 0 Å². The van der Waals surface area contributed by atoms with Crippen LogP contribution in [-0.4, -0.2) is 26.1 Å².